The topological polar surface area (TPSA) is 78.9 Å². The highest BCUT2D eigenvalue weighted by Crippen LogP contribution is 2.34. The van der Waals surface area contributed by atoms with Crippen LogP contribution in [0, 0.1) is 0 Å². The van der Waals surface area contributed by atoms with E-state index in [1.807, 2.05) is 0 Å². The summed E-state index contributed by atoms with van der Waals surface area (Å²) in [7, 11) is 0. The van der Waals surface area contributed by atoms with Crippen LogP contribution < -0.4 is 10.1 Å². The van der Waals surface area contributed by atoms with Gasteiger partial charge in [0.15, 0.2) is 0 Å². The van der Waals surface area contributed by atoms with E-state index in [2.05, 4.69) is 10.2 Å². The van der Waals surface area contributed by atoms with Crippen molar-refractivity contribution in [1.29, 1.82) is 0 Å². The van der Waals surface area contributed by atoms with Crippen molar-refractivity contribution in [3.05, 3.63) is 88.4 Å². The van der Waals surface area contributed by atoms with Gasteiger partial charge < -0.3 is 20.1 Å². The van der Waals surface area contributed by atoms with Crippen molar-refractivity contribution in [2.24, 2.45) is 0 Å². The van der Waals surface area contributed by atoms with E-state index in [1.165, 1.54) is 24.3 Å². The molecule has 2 unspecified atom stereocenters. The zero-order valence-electron chi connectivity index (χ0n) is 22.2. The number of carbonyl (C=O) groups excluding carboxylic acids is 2. The number of halogens is 4. The van der Waals surface area contributed by atoms with Crippen LogP contribution in [0.25, 0.3) is 11.1 Å². The SMILES string of the molecule is O=C(NC(CN1CCCC1)C(O)c1ccc(OC2CC2)c(Cl)c1)C(=O)c1ccc(-c2ccc(C(F)(F)F)cc2)cc1. The normalized spacial score (nSPS) is 17.2. The zero-order valence-corrected chi connectivity index (χ0v) is 22.9. The summed E-state index contributed by atoms with van der Waals surface area (Å²) in [5.74, 6) is -1.11. The van der Waals surface area contributed by atoms with Crippen molar-refractivity contribution in [3.8, 4) is 16.9 Å². The highest BCUT2D eigenvalue weighted by Gasteiger charge is 2.31. The number of nitrogens with zero attached hydrogens (tertiary/aromatic N) is 1. The van der Waals surface area contributed by atoms with Crippen LogP contribution in [0.15, 0.2) is 66.7 Å². The number of amides is 1. The van der Waals surface area contributed by atoms with Crippen LogP contribution in [0.4, 0.5) is 13.2 Å². The molecule has 0 radical (unpaired) electrons. The summed E-state index contributed by atoms with van der Waals surface area (Å²) in [6.45, 7) is 2.01. The number of nitrogens with one attached hydrogen (secondary N) is 1. The number of carbonyl (C=O) groups is 2. The smallest absolute Gasteiger partial charge is 0.416 e. The minimum absolute atomic E-state index is 0.122. The number of hydrogen-bond donors (Lipinski definition) is 2. The highest BCUT2D eigenvalue weighted by atomic mass is 35.5. The summed E-state index contributed by atoms with van der Waals surface area (Å²) >= 11 is 6.40. The molecule has 41 heavy (non-hydrogen) atoms. The van der Waals surface area contributed by atoms with Gasteiger partial charge in [0.1, 0.15) is 11.9 Å². The first kappa shape index (κ1) is 29.1. The number of alkyl halides is 3. The first-order valence-electron chi connectivity index (χ1n) is 13.6. The molecule has 216 valence electrons. The number of aliphatic hydroxyl groups is 1. The Morgan fingerprint density at radius 1 is 0.976 bits per heavy atom. The van der Waals surface area contributed by atoms with Gasteiger partial charge in [-0.15, -0.1) is 0 Å². The summed E-state index contributed by atoms with van der Waals surface area (Å²) in [6, 6.07) is 15.0. The standard InChI is InChI=1S/C31H30ClF3N2O4/c32-25-17-22(9-14-27(25)41-24-12-13-24)28(38)26(18-37-15-1-2-16-37)36-30(40)29(39)21-5-3-19(4-6-21)20-7-10-23(11-8-20)31(33,34)35/h3-11,14,17,24,26,28,38H,1-2,12-13,15-16,18H2,(H,36,40). The van der Waals surface area contributed by atoms with Gasteiger partial charge in [-0.2, -0.15) is 13.2 Å². The first-order chi connectivity index (χ1) is 19.6. The highest BCUT2D eigenvalue weighted by molar-refractivity contribution is 6.42. The average Bonchev–Trinajstić information content (AvgIpc) is 3.64. The molecule has 1 heterocycles. The van der Waals surface area contributed by atoms with Crippen molar-refractivity contribution >= 4 is 23.3 Å². The minimum atomic E-state index is -4.43. The molecule has 2 aliphatic rings. The molecule has 1 aliphatic carbocycles. The Labute approximate surface area is 241 Å². The fourth-order valence-corrected chi connectivity index (χ4v) is 5.13. The number of benzene rings is 3. The Kier molecular flexibility index (Phi) is 8.68. The van der Waals surface area contributed by atoms with Crippen LogP contribution in [0.1, 0.15) is 53.3 Å². The van der Waals surface area contributed by atoms with E-state index in [0.29, 0.717) is 34.0 Å². The number of aliphatic hydroxyl groups excluding tert-OH is 1. The number of likely N-dealkylation sites (tertiary alicyclic amines) is 1. The van der Waals surface area contributed by atoms with Gasteiger partial charge in [0.2, 0.25) is 5.78 Å². The van der Waals surface area contributed by atoms with Crippen molar-refractivity contribution < 1.29 is 32.6 Å². The van der Waals surface area contributed by atoms with E-state index in [1.54, 1.807) is 30.3 Å². The third-order valence-corrected chi connectivity index (χ3v) is 7.66. The molecule has 0 aromatic heterocycles. The number of ketones is 1. The number of ether oxygens (including phenoxy) is 1. The van der Waals surface area contributed by atoms with E-state index in [4.69, 9.17) is 16.3 Å². The Balaban J connectivity index is 1.28. The molecule has 1 saturated carbocycles. The molecule has 3 aromatic carbocycles. The van der Waals surface area contributed by atoms with E-state index in [9.17, 15) is 27.9 Å². The monoisotopic (exact) mass is 586 g/mol. The van der Waals surface area contributed by atoms with Gasteiger partial charge in [0.05, 0.1) is 22.7 Å². The summed E-state index contributed by atoms with van der Waals surface area (Å²) < 4.78 is 44.4. The summed E-state index contributed by atoms with van der Waals surface area (Å²) in [6.07, 6.45) is -1.39. The number of hydrogen-bond acceptors (Lipinski definition) is 5. The Morgan fingerprint density at radius 3 is 2.15 bits per heavy atom. The second-order valence-electron chi connectivity index (χ2n) is 10.5. The van der Waals surface area contributed by atoms with Gasteiger partial charge in [-0.25, -0.2) is 0 Å². The molecule has 0 bridgehead atoms. The number of Topliss-reactive ketones (excluding diaryl/α,β-unsaturated/α-hetero) is 1. The van der Waals surface area contributed by atoms with Crippen LogP contribution in [-0.4, -0.2) is 53.5 Å². The van der Waals surface area contributed by atoms with E-state index in [-0.39, 0.29) is 11.7 Å². The van der Waals surface area contributed by atoms with Gasteiger partial charge in [-0.3, -0.25) is 9.59 Å². The van der Waals surface area contributed by atoms with E-state index >= 15 is 0 Å². The van der Waals surface area contributed by atoms with Crippen LogP contribution in [0.3, 0.4) is 0 Å². The fourth-order valence-electron chi connectivity index (χ4n) is 4.89. The Bertz CT molecular complexity index is 1390. The van der Waals surface area contributed by atoms with Crippen molar-refractivity contribution in [2.75, 3.05) is 19.6 Å². The predicted molar refractivity (Wildman–Crippen MR) is 149 cm³/mol. The molecule has 0 spiro atoms. The van der Waals surface area contributed by atoms with Crippen LogP contribution in [0.2, 0.25) is 5.02 Å². The lowest BCUT2D eigenvalue weighted by Crippen LogP contribution is -2.48. The maximum Gasteiger partial charge on any atom is 0.416 e. The quantitative estimate of drug-likeness (QED) is 0.223. The lowest BCUT2D eigenvalue weighted by Gasteiger charge is -2.28. The zero-order chi connectivity index (χ0) is 29.1. The van der Waals surface area contributed by atoms with Gasteiger partial charge >= 0.3 is 6.18 Å². The average molecular weight is 587 g/mol. The molecule has 2 fully saturated rings. The molecule has 2 atom stereocenters. The van der Waals surface area contributed by atoms with Gasteiger partial charge in [-0.05, 0) is 79.7 Å². The molecule has 10 heteroatoms. The molecule has 2 N–H and O–H groups in total. The molecule has 5 rings (SSSR count). The minimum Gasteiger partial charge on any atom is -0.489 e. The molecule has 1 aliphatic heterocycles. The molecule has 1 amide bonds. The van der Waals surface area contributed by atoms with Gasteiger partial charge in [0, 0.05) is 12.1 Å². The van der Waals surface area contributed by atoms with Crippen molar-refractivity contribution in [1.82, 2.24) is 10.2 Å². The van der Waals surface area contributed by atoms with E-state index < -0.39 is 35.6 Å². The van der Waals surface area contributed by atoms with Crippen LogP contribution >= 0.6 is 11.6 Å². The molecule has 1 saturated heterocycles. The maximum atomic E-state index is 13.1. The van der Waals surface area contributed by atoms with Gasteiger partial charge in [-0.1, -0.05) is 54.1 Å². The summed E-state index contributed by atoms with van der Waals surface area (Å²) in [5.41, 5.74) is 1.01. The van der Waals surface area contributed by atoms with Crippen molar-refractivity contribution in [2.45, 2.75) is 50.1 Å². The lowest BCUT2D eigenvalue weighted by atomic mass is 9.99. The molecular weight excluding hydrogens is 557 g/mol. The maximum absolute atomic E-state index is 13.1. The molecule has 6 nitrogen and oxygen atoms in total. The number of rotatable bonds is 10. The first-order valence-corrected chi connectivity index (χ1v) is 14.0. The third kappa shape index (κ3) is 7.28. The predicted octanol–water partition coefficient (Wildman–Crippen LogP) is 6.06. The van der Waals surface area contributed by atoms with Crippen LogP contribution in [-0.2, 0) is 11.0 Å². The third-order valence-electron chi connectivity index (χ3n) is 7.37. The second kappa shape index (κ2) is 12.2. The Hall–Kier alpha value is -3.40. The second-order valence-corrected chi connectivity index (χ2v) is 10.9. The summed E-state index contributed by atoms with van der Waals surface area (Å²) in [5, 5.41) is 14.3. The molecular formula is C31H30ClF3N2O4. The largest absolute Gasteiger partial charge is 0.489 e. The Morgan fingerprint density at radius 2 is 1.59 bits per heavy atom. The lowest BCUT2D eigenvalue weighted by molar-refractivity contribution is -0.137. The van der Waals surface area contributed by atoms with E-state index in [0.717, 1.165) is 50.9 Å². The fraction of sp³-hybridized carbons (Fsp3) is 0.355. The van der Waals surface area contributed by atoms with Gasteiger partial charge in [0.25, 0.3) is 5.91 Å². The van der Waals surface area contributed by atoms with Crippen molar-refractivity contribution in [3.63, 3.8) is 0 Å². The van der Waals surface area contributed by atoms with Crippen LogP contribution in [0.5, 0.6) is 5.75 Å². The molecule has 3 aromatic rings. The summed E-state index contributed by atoms with van der Waals surface area (Å²) in [4.78, 5) is 28.2.